The minimum absolute atomic E-state index is 0.278. The van der Waals surface area contributed by atoms with E-state index < -0.39 is 5.97 Å². The Balaban J connectivity index is 1.41. The molecule has 5 heteroatoms. The standard InChI is InChI=1S/C34H22N2O2S/c35-22-28(34(37)38)21-32-17-18-33(39-32)25-11-13-29(14-12-25)36(30-15-9-23-5-1-3-7-26(23)19-30)31-16-10-24-6-2-4-8-27(24)20-31/h1-21H,(H,37,38). The topological polar surface area (TPSA) is 64.3 Å². The molecule has 1 heterocycles. The first kappa shape index (κ1) is 24.2. The number of nitriles is 1. The van der Waals surface area contributed by atoms with Gasteiger partial charge in [-0.15, -0.1) is 11.3 Å². The highest BCUT2D eigenvalue weighted by molar-refractivity contribution is 7.16. The van der Waals surface area contributed by atoms with Crippen molar-refractivity contribution in [3.63, 3.8) is 0 Å². The molecular weight excluding hydrogens is 500 g/mol. The summed E-state index contributed by atoms with van der Waals surface area (Å²) < 4.78 is 0. The number of thiophene rings is 1. The quantitative estimate of drug-likeness (QED) is 0.175. The summed E-state index contributed by atoms with van der Waals surface area (Å²) in [4.78, 5) is 15.2. The average molecular weight is 523 g/mol. The lowest BCUT2D eigenvalue weighted by Crippen LogP contribution is -2.09. The summed E-state index contributed by atoms with van der Waals surface area (Å²) in [7, 11) is 0. The van der Waals surface area contributed by atoms with Gasteiger partial charge in [-0.2, -0.15) is 5.26 Å². The Hall–Kier alpha value is -5.18. The van der Waals surface area contributed by atoms with Gasteiger partial charge < -0.3 is 10.0 Å². The van der Waals surface area contributed by atoms with E-state index in [4.69, 9.17) is 10.4 Å². The summed E-state index contributed by atoms with van der Waals surface area (Å²) in [6, 6.07) is 43.6. The van der Waals surface area contributed by atoms with E-state index in [0.29, 0.717) is 0 Å². The molecule has 0 radical (unpaired) electrons. The fraction of sp³-hybridized carbons (Fsp3) is 0. The molecule has 186 valence electrons. The zero-order chi connectivity index (χ0) is 26.8. The highest BCUT2D eigenvalue weighted by atomic mass is 32.1. The van der Waals surface area contributed by atoms with Crippen molar-refractivity contribution in [1.29, 1.82) is 5.26 Å². The molecule has 0 aliphatic heterocycles. The molecule has 0 aliphatic rings. The van der Waals surface area contributed by atoms with Gasteiger partial charge in [-0.3, -0.25) is 0 Å². The molecule has 39 heavy (non-hydrogen) atoms. The monoisotopic (exact) mass is 522 g/mol. The number of benzene rings is 5. The van der Waals surface area contributed by atoms with Gasteiger partial charge in [-0.25, -0.2) is 4.79 Å². The second kappa shape index (κ2) is 10.3. The number of hydrogen-bond acceptors (Lipinski definition) is 4. The van der Waals surface area contributed by atoms with Gasteiger partial charge in [0.05, 0.1) is 0 Å². The van der Waals surface area contributed by atoms with Crippen LogP contribution >= 0.6 is 11.3 Å². The predicted molar refractivity (Wildman–Crippen MR) is 161 cm³/mol. The highest BCUT2D eigenvalue weighted by Gasteiger charge is 2.15. The summed E-state index contributed by atoms with van der Waals surface area (Å²) in [5.74, 6) is -1.22. The van der Waals surface area contributed by atoms with E-state index in [1.807, 2.05) is 12.1 Å². The Kier molecular flexibility index (Phi) is 6.38. The van der Waals surface area contributed by atoms with Crippen LogP contribution < -0.4 is 4.90 Å². The normalized spacial score (nSPS) is 11.4. The molecule has 1 aromatic heterocycles. The molecular formula is C34H22N2O2S. The number of nitrogens with zero attached hydrogens (tertiary/aromatic N) is 2. The van der Waals surface area contributed by atoms with Crippen molar-refractivity contribution in [3.05, 3.63) is 132 Å². The lowest BCUT2D eigenvalue weighted by molar-refractivity contribution is -0.132. The van der Waals surface area contributed by atoms with Gasteiger partial charge in [0, 0.05) is 26.8 Å². The largest absolute Gasteiger partial charge is 0.477 e. The maximum Gasteiger partial charge on any atom is 0.346 e. The molecule has 0 aliphatic carbocycles. The number of aliphatic carboxylic acids is 1. The molecule has 6 rings (SSSR count). The first-order chi connectivity index (χ1) is 19.1. The van der Waals surface area contributed by atoms with Crippen LogP contribution in [0.15, 0.2) is 127 Å². The number of fused-ring (bicyclic) bond motifs is 2. The molecule has 0 spiro atoms. The molecule has 0 fully saturated rings. The Morgan fingerprint density at radius 1 is 0.692 bits per heavy atom. The second-order valence-electron chi connectivity index (χ2n) is 9.12. The minimum Gasteiger partial charge on any atom is -0.477 e. The third-order valence-corrected chi connectivity index (χ3v) is 7.74. The lowest BCUT2D eigenvalue weighted by Gasteiger charge is -2.26. The molecule has 0 unspecified atom stereocenters. The van der Waals surface area contributed by atoms with Crippen molar-refractivity contribution in [1.82, 2.24) is 0 Å². The van der Waals surface area contributed by atoms with Gasteiger partial charge in [0.25, 0.3) is 0 Å². The first-order valence-electron chi connectivity index (χ1n) is 12.4. The number of hydrogen-bond donors (Lipinski definition) is 1. The van der Waals surface area contributed by atoms with Crippen LogP contribution in [0.1, 0.15) is 4.88 Å². The Bertz CT molecular complexity index is 1830. The van der Waals surface area contributed by atoms with Gasteiger partial charge in [0.2, 0.25) is 0 Å². The summed E-state index contributed by atoms with van der Waals surface area (Å²) in [6.45, 7) is 0. The number of carboxylic acid groups (broad SMARTS) is 1. The summed E-state index contributed by atoms with van der Waals surface area (Å²) in [5.41, 5.74) is 3.91. The van der Waals surface area contributed by atoms with E-state index in [1.54, 1.807) is 6.07 Å². The van der Waals surface area contributed by atoms with Crippen LogP contribution in [0.25, 0.3) is 38.1 Å². The van der Waals surface area contributed by atoms with Crippen molar-refractivity contribution < 1.29 is 9.90 Å². The van der Waals surface area contributed by atoms with E-state index >= 15 is 0 Å². The number of rotatable bonds is 6. The Morgan fingerprint density at radius 2 is 1.23 bits per heavy atom. The van der Waals surface area contributed by atoms with Crippen molar-refractivity contribution in [2.45, 2.75) is 0 Å². The fourth-order valence-electron chi connectivity index (χ4n) is 4.72. The third kappa shape index (κ3) is 4.89. The summed E-state index contributed by atoms with van der Waals surface area (Å²) in [5, 5.41) is 23.0. The van der Waals surface area contributed by atoms with E-state index in [1.165, 1.54) is 39.0 Å². The smallest absolute Gasteiger partial charge is 0.346 e. The van der Waals surface area contributed by atoms with E-state index in [0.717, 1.165) is 32.4 Å². The van der Waals surface area contributed by atoms with Gasteiger partial charge in [-0.05, 0) is 81.7 Å². The average Bonchev–Trinajstić information content (AvgIpc) is 3.45. The zero-order valence-electron chi connectivity index (χ0n) is 20.8. The van der Waals surface area contributed by atoms with Crippen LogP contribution in [0.2, 0.25) is 0 Å². The molecule has 0 amide bonds. The number of carbonyl (C=O) groups is 1. The van der Waals surface area contributed by atoms with Crippen molar-refractivity contribution >= 4 is 62.0 Å². The van der Waals surface area contributed by atoms with Crippen LogP contribution in [0.3, 0.4) is 0 Å². The molecule has 1 N–H and O–H groups in total. The van der Waals surface area contributed by atoms with Gasteiger partial charge in [-0.1, -0.05) is 72.8 Å². The maximum absolute atomic E-state index is 11.2. The molecule has 0 saturated heterocycles. The van der Waals surface area contributed by atoms with Crippen LogP contribution in [0, 0.1) is 11.3 Å². The Morgan fingerprint density at radius 3 is 1.77 bits per heavy atom. The van der Waals surface area contributed by atoms with Crippen molar-refractivity contribution in [2.75, 3.05) is 4.90 Å². The van der Waals surface area contributed by atoms with Crippen LogP contribution in [-0.2, 0) is 4.79 Å². The lowest BCUT2D eigenvalue weighted by atomic mass is 10.1. The van der Waals surface area contributed by atoms with E-state index in [-0.39, 0.29) is 5.57 Å². The SMILES string of the molecule is N#CC(=Cc1ccc(-c2ccc(N(c3ccc4ccccc4c3)c3ccc4ccccc4c3)cc2)s1)C(=O)O. The third-order valence-electron chi connectivity index (χ3n) is 6.66. The summed E-state index contributed by atoms with van der Waals surface area (Å²) >= 11 is 1.45. The fourth-order valence-corrected chi connectivity index (χ4v) is 5.68. The Labute approximate surface area is 229 Å². The number of carboxylic acids is 1. The first-order valence-corrected chi connectivity index (χ1v) is 13.2. The highest BCUT2D eigenvalue weighted by Crippen LogP contribution is 2.39. The molecule has 0 bridgehead atoms. The molecule has 0 saturated carbocycles. The number of anilines is 3. The van der Waals surface area contributed by atoms with Crippen LogP contribution in [-0.4, -0.2) is 11.1 Å². The van der Waals surface area contributed by atoms with Crippen molar-refractivity contribution in [3.8, 4) is 16.5 Å². The minimum atomic E-state index is -1.22. The van der Waals surface area contributed by atoms with E-state index in [2.05, 4.69) is 114 Å². The molecule has 6 aromatic rings. The van der Waals surface area contributed by atoms with Crippen LogP contribution in [0.4, 0.5) is 17.1 Å². The van der Waals surface area contributed by atoms with Gasteiger partial charge >= 0.3 is 5.97 Å². The van der Waals surface area contributed by atoms with Crippen molar-refractivity contribution in [2.24, 2.45) is 0 Å². The van der Waals surface area contributed by atoms with Gasteiger partial charge in [0.1, 0.15) is 11.6 Å². The molecule has 0 atom stereocenters. The summed E-state index contributed by atoms with van der Waals surface area (Å²) in [6.07, 6.45) is 1.41. The molecule has 4 nitrogen and oxygen atoms in total. The second-order valence-corrected chi connectivity index (χ2v) is 10.2. The molecule has 5 aromatic carbocycles. The van der Waals surface area contributed by atoms with Crippen LogP contribution in [0.5, 0.6) is 0 Å². The van der Waals surface area contributed by atoms with Gasteiger partial charge in [0.15, 0.2) is 0 Å². The van der Waals surface area contributed by atoms with E-state index in [9.17, 15) is 4.79 Å². The maximum atomic E-state index is 11.2. The zero-order valence-corrected chi connectivity index (χ0v) is 21.6. The predicted octanol–water partition coefficient (Wildman–Crippen LogP) is 9.18.